The van der Waals surface area contributed by atoms with E-state index in [1.807, 2.05) is 24.3 Å². The topological polar surface area (TPSA) is 195 Å². The molecule has 7 N–H and O–H groups in total. The molecule has 2 heterocycles. The van der Waals surface area contributed by atoms with E-state index in [4.69, 9.17) is 29.2 Å². The maximum Gasteiger partial charge on any atom is 0.299 e. The lowest BCUT2D eigenvalue weighted by Crippen LogP contribution is -2.57. The average molecular weight is 584 g/mol. The molecule has 4 rings (SSSR count). The molecular weight excluding hydrogens is 554 g/mol. The first-order valence-corrected chi connectivity index (χ1v) is 14.7. The molecule has 0 radical (unpaired) electrons. The number of carbonyl (C=O) groups excluding carboxylic acids is 1. The number of carbonyl (C=O) groups is 1. The molecular formula is C23H29N5O7S3. The van der Waals surface area contributed by atoms with Crippen molar-refractivity contribution in [1.29, 1.82) is 5.41 Å². The van der Waals surface area contributed by atoms with E-state index in [1.165, 1.54) is 17.4 Å². The largest absolute Gasteiger partial charge is 0.373 e. The lowest BCUT2D eigenvalue weighted by atomic mass is 10.0. The first-order chi connectivity index (χ1) is 17.9. The smallest absolute Gasteiger partial charge is 0.299 e. The average Bonchev–Trinajstić information content (AvgIpc) is 3.42. The quantitative estimate of drug-likeness (QED) is 0.136. The Labute approximate surface area is 226 Å². The third kappa shape index (κ3) is 7.57. The Kier molecular flexibility index (Phi) is 9.94. The summed E-state index contributed by atoms with van der Waals surface area (Å²) in [6.07, 6.45) is -0.369. The Morgan fingerprint density at radius 3 is 2.55 bits per heavy atom. The van der Waals surface area contributed by atoms with E-state index >= 15 is 0 Å². The highest BCUT2D eigenvalue weighted by molar-refractivity contribution is 7.89. The van der Waals surface area contributed by atoms with Gasteiger partial charge >= 0.3 is 0 Å². The number of nitrogens with zero attached hydrogens (tertiary/aromatic N) is 1. The molecule has 0 saturated carbocycles. The van der Waals surface area contributed by atoms with Crippen LogP contribution in [0.1, 0.15) is 11.8 Å². The van der Waals surface area contributed by atoms with E-state index in [1.54, 1.807) is 41.5 Å². The molecule has 0 spiro atoms. The van der Waals surface area contributed by atoms with E-state index in [0.29, 0.717) is 24.6 Å². The summed E-state index contributed by atoms with van der Waals surface area (Å²) in [5.74, 6) is -0.547. The van der Waals surface area contributed by atoms with Gasteiger partial charge in [0.1, 0.15) is 5.54 Å². The number of sulfonamides is 1. The number of hydrogen-bond donors (Lipinski definition) is 6. The molecule has 1 amide bonds. The summed E-state index contributed by atoms with van der Waals surface area (Å²) in [6, 6.07) is 15.8. The van der Waals surface area contributed by atoms with Crippen LogP contribution in [0.2, 0.25) is 0 Å². The van der Waals surface area contributed by atoms with E-state index in [-0.39, 0.29) is 23.5 Å². The molecule has 2 atom stereocenters. The molecule has 38 heavy (non-hydrogen) atoms. The second kappa shape index (κ2) is 12.8. The lowest BCUT2D eigenvalue weighted by Gasteiger charge is -2.34. The van der Waals surface area contributed by atoms with Gasteiger partial charge < -0.3 is 20.7 Å². The summed E-state index contributed by atoms with van der Waals surface area (Å²) < 4.78 is 57.9. The molecule has 1 saturated heterocycles. The van der Waals surface area contributed by atoms with Gasteiger partial charge in [-0.1, -0.05) is 36.4 Å². The number of amides is 1. The predicted molar refractivity (Wildman–Crippen MR) is 146 cm³/mol. The van der Waals surface area contributed by atoms with Crippen LogP contribution in [-0.4, -0.2) is 70.8 Å². The van der Waals surface area contributed by atoms with Gasteiger partial charge in [-0.25, -0.2) is 8.42 Å². The van der Waals surface area contributed by atoms with Gasteiger partial charge in [0.15, 0.2) is 5.96 Å². The Morgan fingerprint density at radius 1 is 1.24 bits per heavy atom. The van der Waals surface area contributed by atoms with Gasteiger partial charge in [-0.3, -0.25) is 19.3 Å². The van der Waals surface area contributed by atoms with Gasteiger partial charge in [-0.15, -0.1) is 11.3 Å². The van der Waals surface area contributed by atoms with Gasteiger partial charge in [-0.05, 0) is 41.3 Å². The zero-order valence-electron chi connectivity index (χ0n) is 20.4. The number of guanidine groups is 1. The second-order valence-corrected chi connectivity index (χ2v) is 11.6. The number of benzene rings is 2. The maximum absolute atomic E-state index is 13.4. The lowest BCUT2D eigenvalue weighted by molar-refractivity contribution is -0.127. The Hall–Kier alpha value is -2.92. The zero-order valence-corrected chi connectivity index (χ0v) is 22.8. The minimum atomic E-state index is -4.03. The Morgan fingerprint density at radius 2 is 1.92 bits per heavy atom. The maximum atomic E-state index is 13.4. The Balaban J connectivity index is 0.000000934. The monoisotopic (exact) mass is 583 g/mol. The fourth-order valence-corrected chi connectivity index (χ4v) is 6.17. The molecule has 3 aromatic rings. The van der Waals surface area contributed by atoms with Crippen molar-refractivity contribution in [3.63, 3.8) is 0 Å². The van der Waals surface area contributed by atoms with Gasteiger partial charge in [0, 0.05) is 24.5 Å². The van der Waals surface area contributed by atoms with Crippen LogP contribution in [0.4, 0.5) is 0 Å². The molecule has 2 aromatic carbocycles. The van der Waals surface area contributed by atoms with Crippen molar-refractivity contribution in [2.24, 2.45) is 5.73 Å². The molecule has 1 aliphatic heterocycles. The molecule has 15 heteroatoms. The molecule has 1 aliphatic rings. The predicted octanol–water partition coefficient (Wildman–Crippen LogP) is 1.49. The van der Waals surface area contributed by atoms with Crippen molar-refractivity contribution in [2.45, 2.75) is 23.5 Å². The Bertz CT molecular complexity index is 1400. The molecule has 1 aromatic heterocycles. The van der Waals surface area contributed by atoms with Crippen molar-refractivity contribution in [1.82, 2.24) is 14.9 Å². The van der Waals surface area contributed by atoms with Crippen LogP contribution < -0.4 is 15.8 Å². The number of morpholine rings is 1. The van der Waals surface area contributed by atoms with Crippen LogP contribution in [0.3, 0.4) is 0 Å². The first-order valence-electron chi connectivity index (χ1n) is 11.3. The standard InChI is InChI=1S/C23H27N5O4S2.H2O3S/c1-23(20-7-4-12-33-20,21(29)26-14-18-15-28(22(24)25)10-11-32-18)27-34(30,31)19-9-8-16-5-2-3-6-17(16)13-19;1-4(2)3/h2-9,12-13,18,27H,10-11,14-15H2,1H3,(H3,24,25)(H,26,29);(H2,1,2,3)/t18?,23-;/m0./s1. The highest BCUT2D eigenvalue weighted by atomic mass is 32.2. The van der Waals surface area contributed by atoms with E-state index in [0.717, 1.165) is 10.8 Å². The summed E-state index contributed by atoms with van der Waals surface area (Å²) in [6.45, 7) is 2.97. The van der Waals surface area contributed by atoms with Crippen LogP contribution in [0.5, 0.6) is 0 Å². The number of rotatable bonds is 7. The van der Waals surface area contributed by atoms with Crippen molar-refractivity contribution in [3.05, 3.63) is 64.9 Å². The van der Waals surface area contributed by atoms with Crippen molar-refractivity contribution in [2.75, 3.05) is 26.2 Å². The summed E-state index contributed by atoms with van der Waals surface area (Å²) in [5, 5.41) is 13.9. The van der Waals surface area contributed by atoms with Gasteiger partial charge in [0.2, 0.25) is 15.9 Å². The number of thiophene rings is 1. The van der Waals surface area contributed by atoms with Gasteiger partial charge in [0.05, 0.1) is 17.6 Å². The summed E-state index contributed by atoms with van der Waals surface area (Å²) in [4.78, 5) is 15.7. The van der Waals surface area contributed by atoms with Crippen LogP contribution in [0, 0.1) is 5.41 Å². The number of ether oxygens (including phenoxy) is 1. The fraction of sp³-hybridized carbons (Fsp3) is 0.304. The van der Waals surface area contributed by atoms with Gasteiger partial charge in [0.25, 0.3) is 11.4 Å². The molecule has 1 fully saturated rings. The number of hydrogen-bond acceptors (Lipinski definition) is 7. The normalized spacial score (nSPS) is 17.4. The minimum Gasteiger partial charge on any atom is -0.373 e. The molecule has 1 unspecified atom stereocenters. The highest BCUT2D eigenvalue weighted by Gasteiger charge is 2.41. The first kappa shape index (κ1) is 29.6. The second-order valence-electron chi connectivity index (χ2n) is 8.48. The van der Waals surface area contributed by atoms with Crippen LogP contribution >= 0.6 is 11.3 Å². The van der Waals surface area contributed by atoms with Crippen LogP contribution in [0.15, 0.2) is 64.9 Å². The van der Waals surface area contributed by atoms with E-state index in [2.05, 4.69) is 10.0 Å². The summed E-state index contributed by atoms with van der Waals surface area (Å²) >= 11 is -1.32. The number of nitrogens with one attached hydrogen (secondary N) is 3. The number of fused-ring (bicyclic) bond motifs is 1. The summed E-state index contributed by atoms with van der Waals surface area (Å²) in [5.41, 5.74) is 4.03. The van der Waals surface area contributed by atoms with Crippen molar-refractivity contribution >= 4 is 55.4 Å². The van der Waals surface area contributed by atoms with E-state index in [9.17, 15) is 13.2 Å². The van der Waals surface area contributed by atoms with E-state index < -0.39 is 32.8 Å². The molecule has 0 bridgehead atoms. The highest BCUT2D eigenvalue weighted by Crippen LogP contribution is 2.29. The molecule has 0 aliphatic carbocycles. The zero-order chi connectivity index (χ0) is 27.9. The van der Waals surface area contributed by atoms with Crippen molar-refractivity contribution in [3.8, 4) is 0 Å². The SMILES string of the molecule is C[C@@](NS(=O)(=O)c1ccc2ccccc2c1)(C(=O)NCC1CN(C(=N)N)CCO1)c1cccs1.O=S(O)O. The third-order valence-electron chi connectivity index (χ3n) is 5.81. The third-order valence-corrected chi connectivity index (χ3v) is 8.45. The number of nitrogens with two attached hydrogens (primary N) is 1. The minimum absolute atomic E-state index is 0.0498. The fourth-order valence-electron chi connectivity index (χ4n) is 3.88. The van der Waals surface area contributed by atoms with Crippen LogP contribution in [0.25, 0.3) is 10.8 Å². The molecule has 12 nitrogen and oxygen atoms in total. The van der Waals surface area contributed by atoms with Crippen molar-refractivity contribution < 1.29 is 31.3 Å². The molecule has 206 valence electrons. The van der Waals surface area contributed by atoms with Gasteiger partial charge in [-0.2, -0.15) is 8.93 Å². The van der Waals surface area contributed by atoms with Crippen LogP contribution in [-0.2, 0) is 36.5 Å². The summed E-state index contributed by atoms with van der Waals surface area (Å²) in [7, 11) is -4.03.